The van der Waals surface area contributed by atoms with Gasteiger partial charge in [-0.2, -0.15) is 0 Å². The number of quaternary nitrogens is 1. The summed E-state index contributed by atoms with van der Waals surface area (Å²) in [5, 5.41) is 14.0. The largest absolute Gasteiger partial charge is 0.756 e. The highest BCUT2D eigenvalue weighted by Gasteiger charge is 2.24. The molecular formula is C59H115N2O6P. The molecule has 3 unspecified atom stereocenters. The van der Waals surface area contributed by atoms with Crippen LogP contribution in [0.4, 0.5) is 0 Å². The average molecular weight is 980 g/mol. The van der Waals surface area contributed by atoms with Crippen LogP contribution in [0.2, 0.25) is 0 Å². The van der Waals surface area contributed by atoms with Crippen molar-refractivity contribution in [3.8, 4) is 0 Å². The Kier molecular flexibility index (Phi) is 49.7. The third kappa shape index (κ3) is 52.5. The number of hydrogen-bond donors (Lipinski definition) is 2. The Labute approximate surface area is 423 Å². The number of nitrogens with one attached hydrogen (secondary N) is 1. The van der Waals surface area contributed by atoms with E-state index >= 15 is 0 Å². The number of rotatable bonds is 54. The van der Waals surface area contributed by atoms with Gasteiger partial charge in [-0.1, -0.05) is 269 Å². The van der Waals surface area contributed by atoms with Crippen LogP contribution in [0.25, 0.3) is 0 Å². The fourth-order valence-corrected chi connectivity index (χ4v) is 9.55. The van der Waals surface area contributed by atoms with E-state index in [1.54, 1.807) is 0 Å². The molecule has 0 heterocycles. The summed E-state index contributed by atoms with van der Waals surface area (Å²) in [7, 11) is 1.30. The van der Waals surface area contributed by atoms with Gasteiger partial charge in [-0.3, -0.25) is 9.36 Å². The maximum atomic E-state index is 12.9. The second kappa shape index (κ2) is 50.7. The Morgan fingerprint density at radius 3 is 1.31 bits per heavy atom. The van der Waals surface area contributed by atoms with Crippen LogP contribution in [-0.2, 0) is 18.4 Å². The van der Waals surface area contributed by atoms with E-state index in [1.807, 2.05) is 21.1 Å². The first-order valence-corrected chi connectivity index (χ1v) is 30.8. The second-order valence-electron chi connectivity index (χ2n) is 21.3. The van der Waals surface area contributed by atoms with Gasteiger partial charge in [-0.25, -0.2) is 0 Å². The van der Waals surface area contributed by atoms with Gasteiger partial charge < -0.3 is 28.8 Å². The number of carbonyl (C=O) groups is 1. The van der Waals surface area contributed by atoms with E-state index in [2.05, 4.69) is 55.6 Å². The molecule has 0 saturated carbocycles. The van der Waals surface area contributed by atoms with E-state index in [1.165, 1.54) is 180 Å². The lowest BCUT2D eigenvalue weighted by atomic mass is 10.0. The number of phosphoric ester groups is 1. The first kappa shape index (κ1) is 66.7. The van der Waals surface area contributed by atoms with Crippen LogP contribution in [0, 0.1) is 0 Å². The minimum absolute atomic E-state index is 0.00831. The molecule has 68 heavy (non-hydrogen) atoms. The smallest absolute Gasteiger partial charge is 0.268 e. The maximum Gasteiger partial charge on any atom is 0.268 e. The zero-order chi connectivity index (χ0) is 49.9. The SMILES string of the molecule is CC/C=C\C/C=C\C/C=C\CCCCCCCC(=O)NC(COP(=O)([O-])OCC[N+](C)(C)C)C(O)CCCCCCCCCCCCCCCCCCCCCCCCCCCCCCCCC. The highest BCUT2D eigenvalue weighted by Crippen LogP contribution is 2.38. The van der Waals surface area contributed by atoms with Crippen molar-refractivity contribution in [3.05, 3.63) is 36.5 Å². The first-order valence-electron chi connectivity index (χ1n) is 29.3. The molecule has 0 fully saturated rings. The molecule has 0 aliphatic heterocycles. The number of unbranched alkanes of at least 4 members (excludes halogenated alkanes) is 35. The molecule has 0 spiro atoms. The van der Waals surface area contributed by atoms with Gasteiger partial charge in [-0.15, -0.1) is 0 Å². The predicted octanol–water partition coefficient (Wildman–Crippen LogP) is 17.1. The van der Waals surface area contributed by atoms with Gasteiger partial charge in [0.1, 0.15) is 13.2 Å². The highest BCUT2D eigenvalue weighted by molar-refractivity contribution is 7.45. The molecule has 0 radical (unpaired) electrons. The molecule has 0 saturated heterocycles. The fraction of sp³-hybridized carbons (Fsp3) is 0.881. The second-order valence-corrected chi connectivity index (χ2v) is 22.7. The summed E-state index contributed by atoms with van der Waals surface area (Å²) in [4.78, 5) is 25.5. The maximum absolute atomic E-state index is 12.9. The lowest BCUT2D eigenvalue weighted by Crippen LogP contribution is -2.46. The van der Waals surface area contributed by atoms with Crippen molar-refractivity contribution in [1.82, 2.24) is 5.32 Å². The van der Waals surface area contributed by atoms with Crippen molar-refractivity contribution in [3.63, 3.8) is 0 Å². The van der Waals surface area contributed by atoms with E-state index in [4.69, 9.17) is 9.05 Å². The highest BCUT2D eigenvalue weighted by atomic mass is 31.2. The van der Waals surface area contributed by atoms with Crippen molar-refractivity contribution in [2.75, 3.05) is 40.9 Å². The number of aliphatic hydroxyl groups is 1. The number of amides is 1. The molecule has 0 aliphatic carbocycles. The van der Waals surface area contributed by atoms with E-state index in [9.17, 15) is 19.4 Å². The fourth-order valence-electron chi connectivity index (χ4n) is 8.82. The quantitative estimate of drug-likeness (QED) is 0.0272. The number of aliphatic hydroxyl groups excluding tert-OH is 1. The Morgan fingerprint density at radius 2 is 0.897 bits per heavy atom. The Morgan fingerprint density at radius 1 is 0.529 bits per heavy atom. The minimum atomic E-state index is -4.58. The van der Waals surface area contributed by atoms with E-state index in [-0.39, 0.29) is 19.1 Å². The summed E-state index contributed by atoms with van der Waals surface area (Å²) in [5.41, 5.74) is 0. The van der Waals surface area contributed by atoms with Crippen molar-refractivity contribution < 1.29 is 32.9 Å². The summed E-state index contributed by atoms with van der Waals surface area (Å²) in [6.07, 6.45) is 64.8. The van der Waals surface area contributed by atoms with Crippen LogP contribution in [-0.4, -0.2) is 68.5 Å². The van der Waals surface area contributed by atoms with Gasteiger partial charge in [0.05, 0.1) is 39.9 Å². The Balaban J connectivity index is 4.04. The first-order chi connectivity index (χ1) is 33.0. The third-order valence-corrected chi connectivity index (χ3v) is 14.4. The van der Waals surface area contributed by atoms with E-state index < -0.39 is 20.0 Å². The molecule has 402 valence electrons. The van der Waals surface area contributed by atoms with Crippen LogP contribution in [0.1, 0.15) is 284 Å². The summed E-state index contributed by atoms with van der Waals surface area (Å²) >= 11 is 0. The summed E-state index contributed by atoms with van der Waals surface area (Å²) in [6.45, 7) is 4.62. The molecule has 0 aromatic rings. The Hall–Kier alpha value is -1.28. The van der Waals surface area contributed by atoms with Gasteiger partial charge >= 0.3 is 0 Å². The van der Waals surface area contributed by atoms with E-state index in [0.717, 1.165) is 77.0 Å². The molecule has 0 aromatic heterocycles. The molecule has 9 heteroatoms. The number of phosphoric acid groups is 1. The zero-order valence-electron chi connectivity index (χ0n) is 45.8. The van der Waals surface area contributed by atoms with Gasteiger partial charge in [0, 0.05) is 6.42 Å². The van der Waals surface area contributed by atoms with Crippen molar-refractivity contribution in [1.29, 1.82) is 0 Å². The average Bonchev–Trinajstić information content (AvgIpc) is 3.30. The van der Waals surface area contributed by atoms with Crippen LogP contribution in [0.5, 0.6) is 0 Å². The zero-order valence-corrected chi connectivity index (χ0v) is 46.7. The number of likely N-dealkylation sites (N-methyl/N-ethyl adjacent to an activating group) is 1. The van der Waals surface area contributed by atoms with Gasteiger partial charge in [0.2, 0.25) is 5.91 Å². The summed E-state index contributed by atoms with van der Waals surface area (Å²) in [6, 6.07) is -0.810. The Bertz CT molecular complexity index is 1200. The van der Waals surface area contributed by atoms with Crippen LogP contribution < -0.4 is 10.2 Å². The lowest BCUT2D eigenvalue weighted by molar-refractivity contribution is -0.870. The number of carbonyl (C=O) groups excluding carboxylic acids is 1. The van der Waals surface area contributed by atoms with Crippen LogP contribution in [0.3, 0.4) is 0 Å². The molecular weight excluding hydrogens is 864 g/mol. The standard InChI is InChI=1S/C59H115N2O6P/c1-6-8-10-12-14-16-18-20-22-23-24-25-26-27-28-29-30-31-32-33-34-35-36-37-39-40-42-44-46-48-50-52-58(62)57(56-67-68(64,65)66-55-54-61(3,4)5)60-59(63)53-51-49-47-45-43-41-38-21-19-17-15-13-11-9-7-2/h9,11,15,17,21,38,57-58,62H,6-8,10,12-14,16,18-20,22-37,39-56H2,1-5H3,(H-,60,63,64,65)/b11-9-,17-15-,38-21-. The molecule has 1 amide bonds. The molecule has 0 aliphatic rings. The number of hydrogen-bond acceptors (Lipinski definition) is 6. The topological polar surface area (TPSA) is 108 Å². The normalized spacial score (nSPS) is 14.2. The van der Waals surface area contributed by atoms with E-state index in [0.29, 0.717) is 23.9 Å². The molecule has 0 bridgehead atoms. The number of nitrogens with zero attached hydrogens (tertiary/aromatic N) is 1. The lowest BCUT2D eigenvalue weighted by Gasteiger charge is -2.30. The summed E-state index contributed by atoms with van der Waals surface area (Å²) < 4.78 is 23.4. The van der Waals surface area contributed by atoms with Gasteiger partial charge in [0.15, 0.2) is 0 Å². The minimum Gasteiger partial charge on any atom is -0.756 e. The molecule has 2 N–H and O–H groups in total. The van der Waals surface area contributed by atoms with Crippen LogP contribution in [0.15, 0.2) is 36.5 Å². The summed E-state index contributed by atoms with van der Waals surface area (Å²) in [5.74, 6) is -0.179. The van der Waals surface area contributed by atoms with Crippen molar-refractivity contribution in [2.24, 2.45) is 0 Å². The molecule has 8 nitrogen and oxygen atoms in total. The molecule has 3 atom stereocenters. The number of allylic oxidation sites excluding steroid dienone is 6. The monoisotopic (exact) mass is 979 g/mol. The molecule has 0 aromatic carbocycles. The third-order valence-electron chi connectivity index (χ3n) is 13.4. The van der Waals surface area contributed by atoms with Crippen molar-refractivity contribution >= 4 is 13.7 Å². The predicted molar refractivity (Wildman–Crippen MR) is 293 cm³/mol. The van der Waals surface area contributed by atoms with Crippen molar-refractivity contribution in [2.45, 2.75) is 296 Å². The van der Waals surface area contributed by atoms with Gasteiger partial charge in [0.25, 0.3) is 7.82 Å². The van der Waals surface area contributed by atoms with Crippen LogP contribution >= 0.6 is 7.82 Å². The van der Waals surface area contributed by atoms with Gasteiger partial charge in [-0.05, 0) is 44.9 Å². The molecule has 0 rings (SSSR count).